The first-order valence-electron chi connectivity index (χ1n) is 8.77. The van der Waals surface area contributed by atoms with Crippen molar-refractivity contribution in [2.24, 2.45) is 0 Å². The predicted octanol–water partition coefficient (Wildman–Crippen LogP) is 5.62. The lowest BCUT2D eigenvalue weighted by molar-refractivity contribution is 0.101. The van der Waals surface area contributed by atoms with Crippen molar-refractivity contribution in [2.75, 3.05) is 7.11 Å². The molecule has 0 radical (unpaired) electrons. The van der Waals surface area contributed by atoms with Crippen molar-refractivity contribution in [3.8, 4) is 11.5 Å². The topological polar surface area (TPSA) is 35.5 Å². The minimum absolute atomic E-state index is 0.107. The summed E-state index contributed by atoms with van der Waals surface area (Å²) >= 11 is 0. The minimum atomic E-state index is -0.107. The fourth-order valence-corrected chi connectivity index (χ4v) is 3.63. The highest BCUT2D eigenvalue weighted by molar-refractivity contribution is 6.17. The Balaban J connectivity index is 1.73. The van der Waals surface area contributed by atoms with Crippen molar-refractivity contribution in [2.45, 2.75) is 0 Å². The van der Waals surface area contributed by atoms with Gasteiger partial charge >= 0.3 is 0 Å². The Kier molecular flexibility index (Phi) is 3.47. The molecule has 4 aromatic carbocycles. The second kappa shape index (κ2) is 5.99. The van der Waals surface area contributed by atoms with Gasteiger partial charge in [-0.25, -0.2) is 0 Å². The summed E-state index contributed by atoms with van der Waals surface area (Å²) in [6, 6.07) is 23.8. The molecule has 0 unspecified atom stereocenters. The lowest BCUT2D eigenvalue weighted by Crippen LogP contribution is -1.98. The molecule has 1 aliphatic heterocycles. The Morgan fingerprint density at radius 1 is 0.852 bits per heavy atom. The van der Waals surface area contributed by atoms with Crippen LogP contribution in [-0.2, 0) is 0 Å². The molecule has 0 aliphatic carbocycles. The molecule has 0 spiro atoms. The molecule has 0 aromatic heterocycles. The highest BCUT2D eigenvalue weighted by Crippen LogP contribution is 2.37. The molecule has 27 heavy (non-hydrogen) atoms. The zero-order valence-electron chi connectivity index (χ0n) is 14.7. The first-order valence-corrected chi connectivity index (χ1v) is 8.77. The highest BCUT2D eigenvalue weighted by Gasteiger charge is 2.28. The average molecular weight is 352 g/mol. The lowest BCUT2D eigenvalue weighted by atomic mass is 9.96. The summed E-state index contributed by atoms with van der Waals surface area (Å²) in [5, 5.41) is 4.45. The Labute approximate surface area is 156 Å². The van der Waals surface area contributed by atoms with Crippen molar-refractivity contribution in [3.05, 3.63) is 89.7 Å². The normalized spacial score (nSPS) is 14.6. The first kappa shape index (κ1) is 15.6. The van der Waals surface area contributed by atoms with E-state index in [0.717, 1.165) is 27.1 Å². The molecule has 1 heterocycles. The molecule has 0 N–H and O–H groups in total. The third kappa shape index (κ3) is 2.48. The van der Waals surface area contributed by atoms with Gasteiger partial charge in [0.15, 0.2) is 5.76 Å². The number of rotatable bonds is 2. The maximum atomic E-state index is 12.8. The van der Waals surface area contributed by atoms with Crippen LogP contribution in [0.25, 0.3) is 27.6 Å². The number of allylic oxidation sites excluding steroid dienone is 1. The van der Waals surface area contributed by atoms with Crippen molar-refractivity contribution >= 4 is 33.4 Å². The number of Topliss-reactive ketones (excluding diaryl/α,β-unsaturated/α-hetero) is 1. The second-order valence-corrected chi connectivity index (χ2v) is 6.53. The van der Waals surface area contributed by atoms with Crippen molar-refractivity contribution < 1.29 is 14.3 Å². The molecule has 3 nitrogen and oxygen atoms in total. The first-order chi connectivity index (χ1) is 13.2. The fourth-order valence-electron chi connectivity index (χ4n) is 3.63. The van der Waals surface area contributed by atoms with Crippen LogP contribution in [-0.4, -0.2) is 12.9 Å². The van der Waals surface area contributed by atoms with Crippen molar-refractivity contribution in [1.29, 1.82) is 0 Å². The Bertz CT molecular complexity index is 1200. The lowest BCUT2D eigenvalue weighted by Gasteiger charge is -2.09. The number of methoxy groups -OCH3 is 1. The van der Waals surface area contributed by atoms with E-state index < -0.39 is 0 Å². The maximum absolute atomic E-state index is 12.8. The predicted molar refractivity (Wildman–Crippen MR) is 107 cm³/mol. The molecule has 5 rings (SSSR count). The molecule has 4 aromatic rings. The molecule has 0 saturated heterocycles. The van der Waals surface area contributed by atoms with Crippen molar-refractivity contribution in [3.63, 3.8) is 0 Å². The Hall–Kier alpha value is -3.59. The van der Waals surface area contributed by atoms with E-state index in [1.165, 1.54) is 0 Å². The van der Waals surface area contributed by atoms with Gasteiger partial charge in [-0.05, 0) is 51.4 Å². The summed E-state index contributed by atoms with van der Waals surface area (Å²) in [5.74, 6) is 1.43. The smallest absolute Gasteiger partial charge is 0.231 e. The molecule has 1 aliphatic rings. The van der Waals surface area contributed by atoms with Gasteiger partial charge in [-0.2, -0.15) is 0 Å². The number of hydrogen-bond donors (Lipinski definition) is 0. The van der Waals surface area contributed by atoms with Gasteiger partial charge in [0.1, 0.15) is 11.5 Å². The molecule has 130 valence electrons. The Morgan fingerprint density at radius 2 is 1.52 bits per heavy atom. The van der Waals surface area contributed by atoms with Gasteiger partial charge in [-0.1, -0.05) is 48.5 Å². The molecule has 3 heteroatoms. The molecular weight excluding hydrogens is 336 g/mol. The molecular formula is C24H16O3. The zero-order chi connectivity index (χ0) is 18.4. The molecule has 0 fully saturated rings. The average Bonchev–Trinajstić information content (AvgIpc) is 3.02. The summed E-state index contributed by atoms with van der Waals surface area (Å²) in [5.41, 5.74) is 1.55. The summed E-state index contributed by atoms with van der Waals surface area (Å²) in [4.78, 5) is 12.8. The third-order valence-corrected chi connectivity index (χ3v) is 4.97. The van der Waals surface area contributed by atoms with Gasteiger partial charge in [0.2, 0.25) is 5.78 Å². The summed E-state index contributed by atoms with van der Waals surface area (Å²) < 4.78 is 11.1. The van der Waals surface area contributed by atoms with Crippen LogP contribution >= 0.6 is 0 Å². The van der Waals surface area contributed by atoms with Crippen LogP contribution < -0.4 is 9.47 Å². The van der Waals surface area contributed by atoms with Crippen LogP contribution in [0.5, 0.6) is 11.5 Å². The third-order valence-electron chi connectivity index (χ3n) is 4.97. The highest BCUT2D eigenvalue weighted by atomic mass is 16.5. The number of benzene rings is 4. The Morgan fingerprint density at radius 3 is 2.19 bits per heavy atom. The van der Waals surface area contributed by atoms with Gasteiger partial charge in [-0.15, -0.1) is 0 Å². The molecule has 0 amide bonds. The van der Waals surface area contributed by atoms with Crippen LogP contribution in [0.3, 0.4) is 0 Å². The monoisotopic (exact) mass is 352 g/mol. The van der Waals surface area contributed by atoms with E-state index in [1.807, 2.05) is 30.3 Å². The van der Waals surface area contributed by atoms with E-state index >= 15 is 0 Å². The summed E-state index contributed by atoms with van der Waals surface area (Å²) in [7, 11) is 1.59. The van der Waals surface area contributed by atoms with E-state index in [-0.39, 0.29) is 5.78 Å². The van der Waals surface area contributed by atoms with E-state index in [4.69, 9.17) is 9.47 Å². The fraction of sp³-hybridized carbons (Fsp3) is 0.0417. The summed E-state index contributed by atoms with van der Waals surface area (Å²) in [6.07, 6.45) is 1.86. The van der Waals surface area contributed by atoms with Crippen LogP contribution in [0, 0.1) is 0 Å². The standard InChI is InChI=1S/C24H16O3/c1-26-17-10-11-20-22(13-17)27-23(24(20)25)14-21-18-8-4-2-6-15(18)12-16-7-3-5-9-19(16)21/h2-14H,1H3/b23-14-. The van der Waals surface area contributed by atoms with Gasteiger partial charge in [0.25, 0.3) is 0 Å². The van der Waals surface area contributed by atoms with Gasteiger partial charge in [0.05, 0.1) is 12.7 Å². The quantitative estimate of drug-likeness (QED) is 0.347. The zero-order valence-corrected chi connectivity index (χ0v) is 14.7. The SMILES string of the molecule is COc1ccc2c(c1)O/C(=C\c1c3ccccc3cc3ccccc13)C2=O. The summed E-state index contributed by atoms with van der Waals surface area (Å²) in [6.45, 7) is 0. The van der Waals surface area contributed by atoms with Gasteiger partial charge < -0.3 is 9.47 Å². The number of fused-ring (bicyclic) bond motifs is 3. The number of hydrogen-bond acceptors (Lipinski definition) is 3. The van der Waals surface area contributed by atoms with Crippen LogP contribution in [0.15, 0.2) is 78.6 Å². The van der Waals surface area contributed by atoms with E-state index in [0.29, 0.717) is 22.8 Å². The van der Waals surface area contributed by atoms with Gasteiger partial charge in [0, 0.05) is 6.07 Å². The van der Waals surface area contributed by atoms with E-state index in [1.54, 1.807) is 25.3 Å². The second-order valence-electron chi connectivity index (χ2n) is 6.53. The number of carbonyl (C=O) groups is 1. The van der Waals surface area contributed by atoms with E-state index in [2.05, 4.69) is 30.3 Å². The maximum Gasteiger partial charge on any atom is 0.231 e. The van der Waals surface area contributed by atoms with Crippen LogP contribution in [0.4, 0.5) is 0 Å². The number of ether oxygens (including phenoxy) is 2. The largest absolute Gasteiger partial charge is 0.497 e. The van der Waals surface area contributed by atoms with Crippen LogP contribution in [0.1, 0.15) is 15.9 Å². The van der Waals surface area contributed by atoms with E-state index in [9.17, 15) is 4.79 Å². The number of ketones is 1. The molecule has 0 bridgehead atoms. The van der Waals surface area contributed by atoms with Gasteiger partial charge in [-0.3, -0.25) is 4.79 Å². The molecule has 0 atom stereocenters. The van der Waals surface area contributed by atoms with Crippen molar-refractivity contribution in [1.82, 2.24) is 0 Å². The van der Waals surface area contributed by atoms with Crippen LogP contribution in [0.2, 0.25) is 0 Å². The minimum Gasteiger partial charge on any atom is -0.497 e. The molecule has 0 saturated carbocycles. The number of carbonyl (C=O) groups excluding carboxylic acids is 1.